The van der Waals surface area contributed by atoms with Gasteiger partial charge in [-0.2, -0.15) is 8.78 Å². The fourth-order valence-corrected chi connectivity index (χ4v) is 4.37. The molecule has 0 radical (unpaired) electrons. The van der Waals surface area contributed by atoms with E-state index >= 15 is 0 Å². The largest absolute Gasteiger partial charge is 0.573 e. The molecule has 0 N–H and O–H groups in total. The lowest BCUT2D eigenvalue weighted by atomic mass is 9.78. The topological polar surface area (TPSA) is 18.5 Å². The van der Waals surface area contributed by atoms with Gasteiger partial charge in [-0.05, 0) is 66.6 Å². The molecule has 32 heavy (non-hydrogen) atoms. The van der Waals surface area contributed by atoms with Gasteiger partial charge >= 0.3 is 12.5 Å². The zero-order valence-electron chi connectivity index (χ0n) is 18.1. The quantitative estimate of drug-likeness (QED) is 0.354. The van der Waals surface area contributed by atoms with Gasteiger partial charge in [0.05, 0.1) is 5.56 Å². The highest BCUT2D eigenvalue weighted by Crippen LogP contribution is 2.35. The first kappa shape index (κ1) is 24.3. The predicted octanol–water partition coefficient (Wildman–Crippen LogP) is 8.25. The van der Waals surface area contributed by atoms with Crippen molar-refractivity contribution >= 4 is 0 Å². The minimum absolute atomic E-state index is 0.257. The summed E-state index contributed by atoms with van der Waals surface area (Å²) in [7, 11) is 0. The maximum absolute atomic E-state index is 14.5. The van der Waals surface area contributed by atoms with Crippen LogP contribution in [0.25, 0.3) is 0 Å². The number of aryl methyl sites for hydroxylation is 1. The Hall–Kier alpha value is -2.31. The molecule has 7 heteroatoms. The van der Waals surface area contributed by atoms with Crippen LogP contribution in [-0.2, 0) is 12.5 Å². The third kappa shape index (κ3) is 7.38. The first-order valence-electron chi connectivity index (χ1n) is 11.2. The standard InChI is InChI=1S/C25H29F5O2/c1-2-3-18-4-6-19(7-5-18)8-9-20-10-12-21(13-11-20)24(26,27)31-22-14-16-23(17-15-22)32-25(28,29)30/h10-19H,2-9H2,1H3. The molecule has 0 aliphatic heterocycles. The molecular formula is C25H29F5O2. The third-order valence-electron chi connectivity index (χ3n) is 6.10. The number of hydrogen-bond acceptors (Lipinski definition) is 2. The first-order chi connectivity index (χ1) is 15.1. The van der Waals surface area contributed by atoms with Crippen molar-refractivity contribution in [3.05, 3.63) is 59.7 Å². The minimum Gasteiger partial charge on any atom is -0.429 e. The van der Waals surface area contributed by atoms with E-state index in [4.69, 9.17) is 4.74 Å². The number of halogens is 5. The predicted molar refractivity (Wildman–Crippen MR) is 113 cm³/mol. The molecule has 2 aromatic carbocycles. The van der Waals surface area contributed by atoms with Gasteiger partial charge in [0.25, 0.3) is 0 Å². The number of rotatable bonds is 9. The van der Waals surface area contributed by atoms with Gasteiger partial charge in [-0.1, -0.05) is 57.6 Å². The molecule has 0 heterocycles. The summed E-state index contributed by atoms with van der Waals surface area (Å²) in [6.07, 6.45) is 1.13. The van der Waals surface area contributed by atoms with Crippen LogP contribution >= 0.6 is 0 Å². The molecule has 1 fully saturated rings. The molecular weight excluding hydrogens is 427 g/mol. The SMILES string of the molecule is CCCC1CCC(CCc2ccc(C(F)(F)Oc3ccc(OC(F)(F)F)cc3)cc2)CC1. The van der Waals surface area contributed by atoms with Crippen LogP contribution < -0.4 is 9.47 Å². The highest BCUT2D eigenvalue weighted by molar-refractivity contribution is 5.33. The second-order valence-corrected chi connectivity index (χ2v) is 8.55. The Morgan fingerprint density at radius 3 is 1.72 bits per heavy atom. The van der Waals surface area contributed by atoms with Gasteiger partial charge in [-0.15, -0.1) is 13.2 Å². The van der Waals surface area contributed by atoms with Crippen LogP contribution in [0.15, 0.2) is 48.5 Å². The van der Waals surface area contributed by atoms with E-state index in [0.717, 1.165) is 48.6 Å². The molecule has 1 aliphatic rings. The summed E-state index contributed by atoms with van der Waals surface area (Å²) in [5, 5.41) is 0. The summed E-state index contributed by atoms with van der Waals surface area (Å²) < 4.78 is 74.0. The van der Waals surface area contributed by atoms with Crippen LogP contribution in [0.2, 0.25) is 0 Å². The lowest BCUT2D eigenvalue weighted by molar-refractivity contribution is -0.274. The Morgan fingerprint density at radius 2 is 1.22 bits per heavy atom. The van der Waals surface area contributed by atoms with Crippen LogP contribution in [-0.4, -0.2) is 6.36 Å². The number of hydrogen-bond donors (Lipinski definition) is 0. The van der Waals surface area contributed by atoms with Crippen LogP contribution in [0, 0.1) is 11.8 Å². The molecule has 3 rings (SSSR count). The van der Waals surface area contributed by atoms with Gasteiger partial charge in [-0.3, -0.25) is 0 Å². The fourth-order valence-electron chi connectivity index (χ4n) is 4.37. The Labute approximate surface area is 185 Å². The molecule has 0 saturated heterocycles. The molecule has 2 aromatic rings. The molecule has 176 valence electrons. The van der Waals surface area contributed by atoms with E-state index in [0.29, 0.717) is 5.92 Å². The van der Waals surface area contributed by atoms with Crippen molar-refractivity contribution in [2.75, 3.05) is 0 Å². The van der Waals surface area contributed by atoms with E-state index in [1.807, 2.05) is 0 Å². The Balaban J connectivity index is 1.51. The number of ether oxygens (including phenoxy) is 2. The van der Waals surface area contributed by atoms with E-state index < -0.39 is 18.2 Å². The summed E-state index contributed by atoms with van der Waals surface area (Å²) in [5.41, 5.74) is 0.700. The van der Waals surface area contributed by atoms with Crippen molar-refractivity contribution in [2.24, 2.45) is 11.8 Å². The molecule has 0 atom stereocenters. The van der Waals surface area contributed by atoms with Gasteiger partial charge in [-0.25, -0.2) is 0 Å². The van der Waals surface area contributed by atoms with Crippen LogP contribution in [0.1, 0.15) is 63.0 Å². The van der Waals surface area contributed by atoms with Crippen molar-refractivity contribution in [1.29, 1.82) is 0 Å². The van der Waals surface area contributed by atoms with E-state index in [9.17, 15) is 22.0 Å². The van der Waals surface area contributed by atoms with E-state index in [1.54, 1.807) is 12.1 Å². The average molecular weight is 456 g/mol. The molecule has 1 aliphatic carbocycles. The van der Waals surface area contributed by atoms with Gasteiger partial charge < -0.3 is 9.47 Å². The summed E-state index contributed by atoms with van der Waals surface area (Å²) in [5.74, 6) is 0.812. The zero-order valence-corrected chi connectivity index (χ0v) is 18.1. The molecule has 1 saturated carbocycles. The van der Waals surface area contributed by atoms with Crippen molar-refractivity contribution < 1.29 is 31.4 Å². The second kappa shape index (κ2) is 10.5. The average Bonchev–Trinajstić information content (AvgIpc) is 2.74. The maximum atomic E-state index is 14.5. The highest BCUT2D eigenvalue weighted by atomic mass is 19.4. The summed E-state index contributed by atoms with van der Waals surface area (Å²) in [6.45, 7) is 2.23. The monoisotopic (exact) mass is 456 g/mol. The Bertz CT molecular complexity index is 823. The van der Waals surface area contributed by atoms with Crippen LogP contribution in [0.4, 0.5) is 22.0 Å². The molecule has 2 nitrogen and oxygen atoms in total. The lowest BCUT2D eigenvalue weighted by Gasteiger charge is -2.28. The van der Waals surface area contributed by atoms with Crippen molar-refractivity contribution in [3.63, 3.8) is 0 Å². The van der Waals surface area contributed by atoms with Crippen LogP contribution in [0.3, 0.4) is 0 Å². The highest BCUT2D eigenvalue weighted by Gasteiger charge is 2.35. The summed E-state index contributed by atoms with van der Waals surface area (Å²) in [4.78, 5) is 0. The van der Waals surface area contributed by atoms with Crippen molar-refractivity contribution in [3.8, 4) is 11.5 Å². The molecule has 0 bridgehead atoms. The zero-order chi connectivity index (χ0) is 23.2. The molecule has 0 unspecified atom stereocenters. The van der Waals surface area contributed by atoms with E-state index in [2.05, 4.69) is 11.7 Å². The maximum Gasteiger partial charge on any atom is 0.573 e. The van der Waals surface area contributed by atoms with Gasteiger partial charge in [0.15, 0.2) is 0 Å². The number of benzene rings is 2. The number of alkyl halides is 5. The van der Waals surface area contributed by atoms with Gasteiger partial charge in [0.1, 0.15) is 11.5 Å². The van der Waals surface area contributed by atoms with Crippen LogP contribution in [0.5, 0.6) is 11.5 Å². The summed E-state index contributed by atoms with van der Waals surface area (Å²) >= 11 is 0. The van der Waals surface area contributed by atoms with Gasteiger partial charge in [0, 0.05) is 0 Å². The molecule has 0 amide bonds. The van der Waals surface area contributed by atoms with E-state index in [-0.39, 0.29) is 11.3 Å². The molecule has 0 spiro atoms. The van der Waals surface area contributed by atoms with Gasteiger partial charge in [0.2, 0.25) is 0 Å². The minimum atomic E-state index is -4.84. The van der Waals surface area contributed by atoms with Crippen molar-refractivity contribution in [1.82, 2.24) is 0 Å². The normalized spacial score (nSPS) is 19.6. The first-order valence-corrected chi connectivity index (χ1v) is 11.2. The second-order valence-electron chi connectivity index (χ2n) is 8.55. The van der Waals surface area contributed by atoms with E-state index in [1.165, 1.54) is 50.7 Å². The molecule has 0 aromatic heterocycles. The summed E-state index contributed by atoms with van der Waals surface area (Å²) in [6, 6.07) is 9.95. The smallest absolute Gasteiger partial charge is 0.429 e. The fraction of sp³-hybridized carbons (Fsp3) is 0.520. The van der Waals surface area contributed by atoms with Crippen molar-refractivity contribution in [2.45, 2.75) is 70.8 Å². The Morgan fingerprint density at radius 1 is 0.719 bits per heavy atom. The Kier molecular flexibility index (Phi) is 8.01. The third-order valence-corrected chi connectivity index (χ3v) is 6.10. The lowest BCUT2D eigenvalue weighted by Crippen LogP contribution is -2.22.